The molecule has 6 aromatic rings. The highest BCUT2D eigenvalue weighted by Crippen LogP contribution is 2.42. The van der Waals surface area contributed by atoms with E-state index in [1.54, 1.807) is 0 Å². The average molecular weight is 417 g/mol. The van der Waals surface area contributed by atoms with Gasteiger partial charge in [-0.2, -0.15) is 0 Å². The molecule has 0 aliphatic rings. The van der Waals surface area contributed by atoms with Gasteiger partial charge in [-0.3, -0.25) is 0 Å². The largest absolute Gasteiger partial charge is 0.355 e. The SMILES string of the molecule is C=C/C=C(\C=C)n1c2ccccc2c2sc(-c3ccc4[nH]c5ccccc5c4c3)cc21. The van der Waals surface area contributed by atoms with Crippen LogP contribution in [0.3, 0.4) is 0 Å². The molecule has 0 fully saturated rings. The Labute approximate surface area is 184 Å². The molecule has 0 bridgehead atoms. The van der Waals surface area contributed by atoms with E-state index in [0.717, 1.165) is 5.70 Å². The van der Waals surface area contributed by atoms with E-state index in [1.165, 1.54) is 53.4 Å². The fourth-order valence-corrected chi connectivity index (χ4v) is 5.68. The van der Waals surface area contributed by atoms with Crippen molar-refractivity contribution in [3.63, 3.8) is 0 Å². The fourth-order valence-electron chi connectivity index (χ4n) is 4.51. The third-order valence-electron chi connectivity index (χ3n) is 5.89. The number of benzene rings is 3. The van der Waals surface area contributed by atoms with Crippen molar-refractivity contribution in [1.29, 1.82) is 0 Å². The molecule has 0 unspecified atom stereocenters. The number of nitrogens with one attached hydrogen (secondary N) is 1. The molecule has 31 heavy (non-hydrogen) atoms. The summed E-state index contributed by atoms with van der Waals surface area (Å²) in [4.78, 5) is 4.78. The number of para-hydroxylation sites is 2. The normalized spacial score (nSPS) is 12.3. The first-order valence-corrected chi connectivity index (χ1v) is 11.1. The van der Waals surface area contributed by atoms with E-state index in [-0.39, 0.29) is 0 Å². The molecule has 3 aromatic carbocycles. The lowest BCUT2D eigenvalue weighted by atomic mass is 10.1. The molecule has 3 aromatic heterocycles. The molecule has 6 rings (SSSR count). The fraction of sp³-hybridized carbons (Fsp3) is 0. The van der Waals surface area contributed by atoms with Gasteiger partial charge in [0.1, 0.15) is 0 Å². The highest BCUT2D eigenvalue weighted by atomic mass is 32.1. The zero-order valence-corrected chi connectivity index (χ0v) is 17.7. The summed E-state index contributed by atoms with van der Waals surface area (Å²) in [5.41, 5.74) is 7.00. The molecule has 0 saturated heterocycles. The van der Waals surface area contributed by atoms with Gasteiger partial charge in [-0.05, 0) is 48.0 Å². The quantitative estimate of drug-likeness (QED) is 0.279. The zero-order chi connectivity index (χ0) is 20.9. The third-order valence-corrected chi connectivity index (χ3v) is 7.10. The molecule has 0 saturated carbocycles. The number of rotatable bonds is 4. The number of aromatic amines is 1. The number of hydrogen-bond donors (Lipinski definition) is 1. The van der Waals surface area contributed by atoms with E-state index in [0.29, 0.717) is 0 Å². The average Bonchev–Trinajstić information content (AvgIpc) is 3.47. The molecular weight excluding hydrogens is 396 g/mol. The Balaban J connectivity index is 1.63. The van der Waals surface area contributed by atoms with Crippen molar-refractivity contribution in [3.05, 3.63) is 104 Å². The number of allylic oxidation sites excluding steroid dienone is 4. The summed E-state index contributed by atoms with van der Waals surface area (Å²) < 4.78 is 3.57. The maximum absolute atomic E-state index is 4.03. The van der Waals surface area contributed by atoms with Crippen LogP contribution < -0.4 is 0 Å². The molecule has 3 heterocycles. The molecule has 0 atom stereocenters. The Hall–Kier alpha value is -3.82. The summed E-state index contributed by atoms with van der Waals surface area (Å²) in [5, 5.41) is 3.79. The van der Waals surface area contributed by atoms with Crippen molar-refractivity contribution >= 4 is 60.0 Å². The monoisotopic (exact) mass is 416 g/mol. The molecule has 148 valence electrons. The van der Waals surface area contributed by atoms with E-state index in [4.69, 9.17) is 0 Å². The van der Waals surface area contributed by atoms with Gasteiger partial charge in [0, 0.05) is 37.8 Å². The summed E-state index contributed by atoms with van der Waals surface area (Å²) in [6.07, 6.45) is 5.72. The minimum Gasteiger partial charge on any atom is -0.355 e. The lowest BCUT2D eigenvalue weighted by Gasteiger charge is -2.07. The van der Waals surface area contributed by atoms with Gasteiger partial charge < -0.3 is 9.55 Å². The third kappa shape index (κ3) is 2.64. The standard InChI is InChI=1S/C28H20N2S/c1-3-9-19(4-2)30-25-13-8-6-11-21(25)28-26(30)17-27(31-28)18-14-15-24-22(16-18)20-10-5-7-12-23(20)29-24/h3-17,29H,1-2H2/b19-9+. The van der Waals surface area contributed by atoms with Crippen LogP contribution in [0, 0.1) is 0 Å². The van der Waals surface area contributed by atoms with Gasteiger partial charge in [0.25, 0.3) is 0 Å². The molecule has 0 aliphatic heterocycles. The second kappa shape index (κ2) is 6.86. The molecule has 0 radical (unpaired) electrons. The molecule has 0 amide bonds. The van der Waals surface area contributed by atoms with Crippen LogP contribution in [-0.4, -0.2) is 9.55 Å². The van der Waals surface area contributed by atoms with E-state index in [1.807, 2.05) is 29.6 Å². The van der Waals surface area contributed by atoms with Crippen LogP contribution in [0.1, 0.15) is 0 Å². The van der Waals surface area contributed by atoms with Gasteiger partial charge in [-0.25, -0.2) is 0 Å². The summed E-state index contributed by atoms with van der Waals surface area (Å²) in [7, 11) is 0. The lowest BCUT2D eigenvalue weighted by Crippen LogP contribution is -1.93. The molecule has 2 nitrogen and oxygen atoms in total. The van der Waals surface area contributed by atoms with Crippen LogP contribution in [0.2, 0.25) is 0 Å². The van der Waals surface area contributed by atoms with E-state index >= 15 is 0 Å². The van der Waals surface area contributed by atoms with Crippen LogP contribution in [-0.2, 0) is 0 Å². The van der Waals surface area contributed by atoms with Gasteiger partial charge in [-0.15, -0.1) is 11.3 Å². The first-order valence-electron chi connectivity index (χ1n) is 10.3. The Bertz CT molecular complexity index is 1670. The second-order valence-electron chi connectivity index (χ2n) is 7.64. The summed E-state index contributed by atoms with van der Waals surface area (Å²) in [6.45, 7) is 7.92. The lowest BCUT2D eigenvalue weighted by molar-refractivity contribution is 1.24. The highest BCUT2D eigenvalue weighted by Gasteiger charge is 2.16. The summed E-state index contributed by atoms with van der Waals surface area (Å²) >= 11 is 1.84. The minimum atomic E-state index is 1.03. The molecule has 0 aliphatic carbocycles. The first-order chi connectivity index (χ1) is 15.3. The van der Waals surface area contributed by atoms with Crippen molar-refractivity contribution in [2.45, 2.75) is 0 Å². The molecule has 3 heteroatoms. The number of aromatic nitrogens is 2. The summed E-state index contributed by atoms with van der Waals surface area (Å²) in [5.74, 6) is 0. The molecular formula is C28H20N2S. The molecule has 0 spiro atoms. The van der Waals surface area contributed by atoms with Crippen LogP contribution in [0.4, 0.5) is 0 Å². The Morgan fingerprint density at radius 2 is 1.58 bits per heavy atom. The number of nitrogens with zero attached hydrogens (tertiary/aromatic N) is 1. The maximum Gasteiger partial charge on any atom is 0.0655 e. The summed E-state index contributed by atoms with van der Waals surface area (Å²) in [6, 6.07) is 26.0. The maximum atomic E-state index is 4.03. The van der Waals surface area contributed by atoms with Gasteiger partial charge in [0.15, 0.2) is 0 Å². The van der Waals surface area contributed by atoms with Crippen molar-refractivity contribution in [2.75, 3.05) is 0 Å². The van der Waals surface area contributed by atoms with Crippen molar-refractivity contribution in [1.82, 2.24) is 9.55 Å². The highest BCUT2D eigenvalue weighted by molar-refractivity contribution is 7.23. The van der Waals surface area contributed by atoms with Gasteiger partial charge in [0.2, 0.25) is 0 Å². The van der Waals surface area contributed by atoms with E-state index in [2.05, 4.69) is 95.5 Å². The van der Waals surface area contributed by atoms with Crippen LogP contribution in [0.25, 0.3) is 59.1 Å². The van der Waals surface area contributed by atoms with Gasteiger partial charge >= 0.3 is 0 Å². The van der Waals surface area contributed by atoms with Crippen LogP contribution >= 0.6 is 11.3 Å². The zero-order valence-electron chi connectivity index (χ0n) is 16.9. The Kier molecular flexibility index (Phi) is 3.98. The van der Waals surface area contributed by atoms with Gasteiger partial charge in [0.05, 0.1) is 15.7 Å². The minimum absolute atomic E-state index is 1.03. The van der Waals surface area contributed by atoms with E-state index < -0.39 is 0 Å². The van der Waals surface area contributed by atoms with Gasteiger partial charge in [-0.1, -0.05) is 61.7 Å². The van der Waals surface area contributed by atoms with E-state index in [9.17, 15) is 0 Å². The number of hydrogen-bond acceptors (Lipinski definition) is 1. The molecule has 1 N–H and O–H groups in total. The number of thiophene rings is 1. The number of fused-ring (bicyclic) bond motifs is 6. The smallest absolute Gasteiger partial charge is 0.0655 e. The van der Waals surface area contributed by atoms with Crippen molar-refractivity contribution in [3.8, 4) is 10.4 Å². The Morgan fingerprint density at radius 1 is 0.806 bits per heavy atom. The first kappa shape index (κ1) is 18.0. The van der Waals surface area contributed by atoms with Crippen molar-refractivity contribution in [2.24, 2.45) is 0 Å². The Morgan fingerprint density at radius 3 is 2.42 bits per heavy atom. The topological polar surface area (TPSA) is 20.7 Å². The second-order valence-corrected chi connectivity index (χ2v) is 8.69. The van der Waals surface area contributed by atoms with Crippen LogP contribution in [0.15, 0.2) is 104 Å². The predicted octanol–water partition coefficient (Wildman–Crippen LogP) is 8.37. The predicted molar refractivity (Wildman–Crippen MR) is 137 cm³/mol. The van der Waals surface area contributed by atoms with Crippen LogP contribution in [0.5, 0.6) is 0 Å². The van der Waals surface area contributed by atoms with Crippen molar-refractivity contribution < 1.29 is 0 Å². The number of H-pyrrole nitrogens is 1.